The van der Waals surface area contributed by atoms with Gasteiger partial charge < -0.3 is 14.0 Å². The Hall–Kier alpha value is -2.27. The summed E-state index contributed by atoms with van der Waals surface area (Å²) in [6.07, 6.45) is 2.84. The van der Waals surface area contributed by atoms with Crippen LogP contribution in [0.2, 0.25) is 0 Å². The van der Waals surface area contributed by atoms with Crippen LogP contribution in [-0.4, -0.2) is 54.5 Å². The number of fused-ring (bicyclic) bond motifs is 1. The van der Waals surface area contributed by atoms with Gasteiger partial charge in [0.2, 0.25) is 10.0 Å². The van der Waals surface area contributed by atoms with Gasteiger partial charge in [0.15, 0.2) is 0 Å². The van der Waals surface area contributed by atoms with E-state index in [2.05, 4.69) is 18.0 Å². The van der Waals surface area contributed by atoms with Crippen molar-refractivity contribution in [1.29, 1.82) is 0 Å². The van der Waals surface area contributed by atoms with Gasteiger partial charge in [0, 0.05) is 30.9 Å². The number of nitrogens with zero attached hydrogens (tertiary/aromatic N) is 3. The Morgan fingerprint density at radius 1 is 1.24 bits per heavy atom. The van der Waals surface area contributed by atoms with Gasteiger partial charge in [-0.15, -0.1) is 11.3 Å². The van der Waals surface area contributed by atoms with E-state index in [1.54, 1.807) is 29.5 Å². The number of hydrogen-bond acceptors (Lipinski definition) is 7. The van der Waals surface area contributed by atoms with E-state index < -0.39 is 10.0 Å². The standard InChI is InChI=1S/C23H29N3O5S2/c1-2-10-26-21-9-8-19(33(28,29)25-11-13-30-14-12-25)16-20(21)24-22(26)17-31-23(27)7-3-5-18-6-4-15-32-18/h4,6,8-9,15-16H,2-3,5,7,10-14,17H2,1H3. The summed E-state index contributed by atoms with van der Waals surface area (Å²) in [7, 11) is -3.60. The molecular formula is C23H29N3O5S2. The summed E-state index contributed by atoms with van der Waals surface area (Å²) in [6.45, 7) is 4.32. The lowest BCUT2D eigenvalue weighted by Gasteiger charge is -2.26. The summed E-state index contributed by atoms with van der Waals surface area (Å²) in [5.74, 6) is 0.372. The van der Waals surface area contributed by atoms with Crippen LogP contribution in [-0.2, 0) is 43.9 Å². The van der Waals surface area contributed by atoms with Gasteiger partial charge in [-0.25, -0.2) is 13.4 Å². The minimum Gasteiger partial charge on any atom is -0.458 e. The zero-order valence-electron chi connectivity index (χ0n) is 18.7. The second kappa shape index (κ2) is 10.8. The molecule has 0 atom stereocenters. The Labute approximate surface area is 198 Å². The minimum atomic E-state index is -3.60. The first-order valence-corrected chi connectivity index (χ1v) is 13.6. The van der Waals surface area contributed by atoms with Gasteiger partial charge in [0.25, 0.3) is 0 Å². The summed E-state index contributed by atoms with van der Waals surface area (Å²) in [5, 5.41) is 2.03. The molecule has 0 bridgehead atoms. The molecule has 3 heterocycles. The lowest BCUT2D eigenvalue weighted by atomic mass is 10.2. The first-order valence-electron chi connectivity index (χ1n) is 11.2. The molecule has 0 N–H and O–H groups in total. The molecule has 0 saturated carbocycles. The molecule has 0 amide bonds. The van der Waals surface area contributed by atoms with E-state index in [1.165, 1.54) is 9.18 Å². The summed E-state index contributed by atoms with van der Waals surface area (Å²) in [4.78, 5) is 18.3. The SMILES string of the molecule is CCCn1c(COC(=O)CCCc2cccs2)nc2cc(S(=O)(=O)N3CCOCC3)ccc21. The third-order valence-electron chi connectivity index (χ3n) is 5.60. The Morgan fingerprint density at radius 2 is 2.06 bits per heavy atom. The van der Waals surface area contributed by atoms with Crippen LogP contribution in [0.1, 0.15) is 36.9 Å². The molecule has 1 fully saturated rings. The summed E-state index contributed by atoms with van der Waals surface area (Å²) >= 11 is 1.69. The zero-order valence-corrected chi connectivity index (χ0v) is 20.4. The number of morpholine rings is 1. The number of benzene rings is 1. The van der Waals surface area contributed by atoms with Crippen molar-refractivity contribution in [2.45, 2.75) is 50.7 Å². The van der Waals surface area contributed by atoms with Gasteiger partial charge in [-0.2, -0.15) is 4.31 Å². The van der Waals surface area contributed by atoms with E-state index in [9.17, 15) is 13.2 Å². The maximum atomic E-state index is 13.0. The van der Waals surface area contributed by atoms with Crippen molar-refractivity contribution in [3.8, 4) is 0 Å². The van der Waals surface area contributed by atoms with Gasteiger partial charge in [-0.1, -0.05) is 13.0 Å². The predicted molar refractivity (Wildman–Crippen MR) is 127 cm³/mol. The molecule has 33 heavy (non-hydrogen) atoms. The molecule has 0 spiro atoms. The molecule has 0 radical (unpaired) electrons. The number of aryl methyl sites for hydroxylation is 2. The molecule has 1 aromatic carbocycles. The molecule has 178 valence electrons. The van der Waals surface area contributed by atoms with Crippen LogP contribution in [0.25, 0.3) is 11.0 Å². The van der Waals surface area contributed by atoms with E-state index in [0.717, 1.165) is 24.8 Å². The fourth-order valence-corrected chi connectivity index (χ4v) is 6.10. The van der Waals surface area contributed by atoms with Crippen molar-refractivity contribution >= 4 is 38.4 Å². The quantitative estimate of drug-likeness (QED) is 0.403. The number of ether oxygens (including phenoxy) is 2. The lowest BCUT2D eigenvalue weighted by Crippen LogP contribution is -2.40. The zero-order chi connectivity index (χ0) is 23.3. The molecule has 0 aliphatic carbocycles. The van der Waals surface area contributed by atoms with Crippen LogP contribution < -0.4 is 0 Å². The predicted octanol–water partition coefficient (Wildman–Crippen LogP) is 3.59. The second-order valence-electron chi connectivity index (χ2n) is 7.94. The molecule has 4 rings (SSSR count). The number of esters is 1. The Morgan fingerprint density at radius 3 is 2.79 bits per heavy atom. The molecule has 8 nitrogen and oxygen atoms in total. The molecule has 1 aliphatic heterocycles. The normalized spacial score (nSPS) is 15.2. The topological polar surface area (TPSA) is 90.7 Å². The van der Waals surface area contributed by atoms with Crippen LogP contribution >= 0.6 is 11.3 Å². The maximum absolute atomic E-state index is 13.0. The number of carbonyl (C=O) groups excluding carboxylic acids is 1. The fourth-order valence-electron chi connectivity index (χ4n) is 3.92. The number of aromatic nitrogens is 2. The number of carbonyl (C=O) groups is 1. The number of thiophene rings is 1. The summed E-state index contributed by atoms with van der Waals surface area (Å²) in [6, 6.07) is 9.10. The van der Waals surface area contributed by atoms with Gasteiger partial charge in [-0.3, -0.25) is 4.79 Å². The van der Waals surface area contributed by atoms with Crippen LogP contribution in [0.15, 0.2) is 40.6 Å². The minimum absolute atomic E-state index is 0.0675. The van der Waals surface area contributed by atoms with Crippen LogP contribution in [0.4, 0.5) is 0 Å². The van der Waals surface area contributed by atoms with Crippen molar-refractivity contribution in [1.82, 2.24) is 13.9 Å². The van der Waals surface area contributed by atoms with Gasteiger partial charge in [0.05, 0.1) is 29.1 Å². The highest BCUT2D eigenvalue weighted by Gasteiger charge is 2.27. The van der Waals surface area contributed by atoms with E-state index >= 15 is 0 Å². The van der Waals surface area contributed by atoms with E-state index in [4.69, 9.17) is 9.47 Å². The molecule has 2 aromatic heterocycles. The number of rotatable bonds is 10. The second-order valence-corrected chi connectivity index (χ2v) is 10.9. The molecule has 1 aliphatic rings. The summed E-state index contributed by atoms with van der Waals surface area (Å²) in [5.41, 5.74) is 1.42. The van der Waals surface area contributed by atoms with Gasteiger partial charge in [-0.05, 0) is 48.9 Å². The molecule has 10 heteroatoms. The summed E-state index contributed by atoms with van der Waals surface area (Å²) < 4.78 is 40.2. The van der Waals surface area contributed by atoms with Gasteiger partial charge >= 0.3 is 5.97 Å². The van der Waals surface area contributed by atoms with Gasteiger partial charge in [0.1, 0.15) is 12.4 Å². The van der Waals surface area contributed by atoms with E-state index in [1.807, 2.05) is 16.0 Å². The average molecular weight is 492 g/mol. The molecule has 1 saturated heterocycles. The van der Waals surface area contributed by atoms with E-state index in [0.29, 0.717) is 50.6 Å². The Balaban J connectivity index is 1.46. The van der Waals surface area contributed by atoms with Crippen molar-refractivity contribution < 1.29 is 22.7 Å². The maximum Gasteiger partial charge on any atom is 0.306 e. The molecule has 3 aromatic rings. The van der Waals surface area contributed by atoms with Crippen molar-refractivity contribution in [3.05, 3.63) is 46.4 Å². The third-order valence-corrected chi connectivity index (χ3v) is 8.43. The fraction of sp³-hybridized carbons (Fsp3) is 0.478. The Bertz CT molecular complexity index is 1180. The highest BCUT2D eigenvalue weighted by atomic mass is 32.2. The first kappa shape index (κ1) is 23.9. The van der Waals surface area contributed by atoms with Crippen molar-refractivity contribution in [2.24, 2.45) is 0 Å². The van der Waals surface area contributed by atoms with Crippen LogP contribution in [0.3, 0.4) is 0 Å². The average Bonchev–Trinajstić information content (AvgIpc) is 3.46. The first-order chi connectivity index (χ1) is 16.0. The van der Waals surface area contributed by atoms with Crippen molar-refractivity contribution in [2.75, 3.05) is 26.3 Å². The Kier molecular flexibility index (Phi) is 7.79. The molecular weight excluding hydrogens is 462 g/mol. The molecule has 0 unspecified atom stereocenters. The highest BCUT2D eigenvalue weighted by molar-refractivity contribution is 7.89. The monoisotopic (exact) mass is 491 g/mol. The van der Waals surface area contributed by atoms with Crippen LogP contribution in [0, 0.1) is 0 Å². The third kappa shape index (κ3) is 5.63. The number of sulfonamides is 1. The van der Waals surface area contributed by atoms with E-state index in [-0.39, 0.29) is 17.5 Å². The smallest absolute Gasteiger partial charge is 0.306 e. The van der Waals surface area contributed by atoms with Crippen LogP contribution in [0.5, 0.6) is 0 Å². The lowest BCUT2D eigenvalue weighted by molar-refractivity contribution is -0.145. The number of imidazole rings is 1. The highest BCUT2D eigenvalue weighted by Crippen LogP contribution is 2.24. The largest absolute Gasteiger partial charge is 0.458 e. The number of hydrogen-bond donors (Lipinski definition) is 0. The van der Waals surface area contributed by atoms with Crippen molar-refractivity contribution in [3.63, 3.8) is 0 Å².